The van der Waals surface area contributed by atoms with Crippen molar-refractivity contribution >= 4 is 17.2 Å². The van der Waals surface area contributed by atoms with Crippen LogP contribution < -0.4 is 4.74 Å². The lowest BCUT2D eigenvalue weighted by Gasteiger charge is -2.38. The van der Waals surface area contributed by atoms with Crippen molar-refractivity contribution < 1.29 is 4.74 Å². The molecule has 0 aliphatic heterocycles. The van der Waals surface area contributed by atoms with Gasteiger partial charge in [0.05, 0.1) is 10.6 Å². The minimum Gasteiger partial charge on any atom is -0.471 e. The number of aromatic nitrogens is 5. The van der Waals surface area contributed by atoms with Crippen LogP contribution in [0.25, 0.3) is 17.0 Å². The number of nitrogens with zero attached hydrogens (tertiary/aromatic N) is 5. The Morgan fingerprint density at radius 1 is 1.03 bits per heavy atom. The summed E-state index contributed by atoms with van der Waals surface area (Å²) in [6.07, 6.45) is 4.87. The van der Waals surface area contributed by atoms with Crippen LogP contribution in [0, 0.1) is 6.92 Å². The zero-order chi connectivity index (χ0) is 19.4. The average molecular weight is 404 g/mol. The van der Waals surface area contributed by atoms with E-state index in [0.29, 0.717) is 18.4 Å². The molecule has 3 aliphatic rings. The van der Waals surface area contributed by atoms with Gasteiger partial charge in [-0.1, -0.05) is 30.3 Å². The molecule has 1 saturated carbocycles. The maximum atomic E-state index is 6.31. The Morgan fingerprint density at radius 3 is 2.52 bits per heavy atom. The largest absolute Gasteiger partial charge is 0.471 e. The minimum atomic E-state index is 0.497. The minimum absolute atomic E-state index is 0.497. The molecule has 0 N–H and O–H groups in total. The van der Waals surface area contributed by atoms with E-state index in [1.807, 2.05) is 41.8 Å². The summed E-state index contributed by atoms with van der Waals surface area (Å²) < 4.78 is 12.6. The molecule has 0 saturated heterocycles. The maximum Gasteiger partial charge on any atom is 0.236 e. The topological polar surface area (TPSA) is 65.2 Å². The molecule has 3 aromatic heterocycles. The number of hydrogen-bond donors (Lipinski definition) is 0. The monoisotopic (exact) mass is 403 g/mol. The Morgan fingerprint density at radius 2 is 1.79 bits per heavy atom. The zero-order valence-electron chi connectivity index (χ0n) is 16.2. The number of fused-ring (bicyclic) bond motifs is 3. The molecule has 2 bridgehead atoms. The molecule has 1 aromatic carbocycles. The van der Waals surface area contributed by atoms with Crippen LogP contribution in [0.15, 0.2) is 36.4 Å². The summed E-state index contributed by atoms with van der Waals surface area (Å²) in [4.78, 5) is 1.12. The first kappa shape index (κ1) is 17.1. The molecule has 4 aromatic rings. The molecule has 0 spiro atoms. The van der Waals surface area contributed by atoms with Crippen LogP contribution in [-0.4, -0.2) is 24.2 Å². The highest BCUT2D eigenvalue weighted by Gasteiger charge is 2.39. The fourth-order valence-corrected chi connectivity index (χ4v) is 5.54. The van der Waals surface area contributed by atoms with Crippen LogP contribution in [0.1, 0.15) is 59.2 Å². The quantitative estimate of drug-likeness (QED) is 0.485. The number of aryl methyl sites for hydroxylation is 1. The van der Waals surface area contributed by atoms with E-state index in [2.05, 4.69) is 20.6 Å². The van der Waals surface area contributed by atoms with E-state index < -0.39 is 0 Å². The van der Waals surface area contributed by atoms with Crippen LogP contribution in [0.2, 0.25) is 0 Å². The Balaban J connectivity index is 1.51. The second-order valence-corrected chi connectivity index (χ2v) is 8.92. The van der Waals surface area contributed by atoms with E-state index in [4.69, 9.17) is 9.84 Å². The van der Waals surface area contributed by atoms with E-state index in [9.17, 15) is 0 Å². The lowest BCUT2D eigenvalue weighted by molar-refractivity contribution is 0.271. The van der Waals surface area contributed by atoms with Crippen molar-refractivity contribution in [1.29, 1.82) is 0 Å². The fraction of sp³-hybridized carbons (Fsp3) is 0.364. The Kier molecular flexibility index (Phi) is 3.90. The molecule has 6 nitrogen and oxygen atoms in total. The second kappa shape index (κ2) is 6.62. The SMILES string of the molecule is Cc1cc(COc2nn3c(-c4ccccc4)nnc3c3c2C2CCC3CC2)sn1. The third kappa shape index (κ3) is 2.75. The van der Waals surface area contributed by atoms with E-state index in [-0.39, 0.29) is 0 Å². The first-order valence-corrected chi connectivity index (χ1v) is 10.9. The standard InChI is InChI=1S/C22H21N5OS/c1-13-11-17(29-26-13)12-28-22-19-15-9-7-14(8-10-15)18(19)21-24-23-20(27(21)25-22)16-5-3-2-4-6-16/h2-6,11,14-15H,7-10,12H2,1H3. The lowest BCUT2D eigenvalue weighted by atomic mass is 9.67. The van der Waals surface area contributed by atoms with Crippen molar-refractivity contribution in [2.45, 2.75) is 51.0 Å². The van der Waals surface area contributed by atoms with E-state index in [1.165, 1.54) is 48.3 Å². The molecular weight excluding hydrogens is 382 g/mol. The Labute approximate surface area is 172 Å². The molecule has 0 unspecified atom stereocenters. The molecule has 1 fully saturated rings. The molecule has 0 atom stereocenters. The van der Waals surface area contributed by atoms with Gasteiger partial charge in [0.1, 0.15) is 6.61 Å². The summed E-state index contributed by atoms with van der Waals surface area (Å²) in [7, 11) is 0. The summed E-state index contributed by atoms with van der Waals surface area (Å²) in [6.45, 7) is 2.51. The summed E-state index contributed by atoms with van der Waals surface area (Å²) in [6, 6.07) is 12.2. The van der Waals surface area contributed by atoms with Crippen LogP contribution in [0.3, 0.4) is 0 Å². The van der Waals surface area contributed by atoms with Crippen LogP contribution in [0.4, 0.5) is 0 Å². The summed E-state index contributed by atoms with van der Waals surface area (Å²) >= 11 is 1.49. The van der Waals surface area contributed by atoms with Crippen LogP contribution >= 0.6 is 11.5 Å². The summed E-state index contributed by atoms with van der Waals surface area (Å²) in [5.74, 6) is 2.55. The van der Waals surface area contributed by atoms with Gasteiger partial charge in [-0.25, -0.2) is 0 Å². The van der Waals surface area contributed by atoms with Crippen molar-refractivity contribution in [1.82, 2.24) is 24.2 Å². The third-order valence-corrected chi connectivity index (χ3v) is 7.05. The summed E-state index contributed by atoms with van der Waals surface area (Å²) in [5.41, 5.74) is 5.52. The van der Waals surface area contributed by atoms with Crippen molar-refractivity contribution in [2.24, 2.45) is 0 Å². The average Bonchev–Trinajstić information content (AvgIpc) is 3.39. The predicted octanol–water partition coefficient (Wildman–Crippen LogP) is 4.89. The predicted molar refractivity (Wildman–Crippen MR) is 111 cm³/mol. The van der Waals surface area contributed by atoms with Gasteiger partial charge in [0.15, 0.2) is 11.5 Å². The molecule has 0 amide bonds. The van der Waals surface area contributed by atoms with Crippen molar-refractivity contribution in [2.75, 3.05) is 0 Å². The Bertz CT molecular complexity index is 1190. The smallest absolute Gasteiger partial charge is 0.236 e. The lowest BCUT2D eigenvalue weighted by Crippen LogP contribution is -2.25. The molecule has 7 rings (SSSR count). The number of ether oxygens (including phenoxy) is 1. The molecule has 0 radical (unpaired) electrons. The van der Waals surface area contributed by atoms with Gasteiger partial charge in [-0.2, -0.15) is 8.89 Å². The second-order valence-electron chi connectivity index (χ2n) is 8.03. The number of hydrogen-bond acceptors (Lipinski definition) is 6. The van der Waals surface area contributed by atoms with Gasteiger partial charge in [0, 0.05) is 16.7 Å². The third-order valence-electron chi connectivity index (χ3n) is 6.20. The normalized spacial score (nSPS) is 20.2. The highest BCUT2D eigenvalue weighted by Crippen LogP contribution is 2.53. The molecule has 3 heterocycles. The highest BCUT2D eigenvalue weighted by atomic mass is 32.1. The highest BCUT2D eigenvalue weighted by molar-refractivity contribution is 7.05. The van der Waals surface area contributed by atoms with Crippen LogP contribution in [-0.2, 0) is 6.61 Å². The van der Waals surface area contributed by atoms with Gasteiger partial charge in [-0.05, 0) is 62.0 Å². The first-order chi connectivity index (χ1) is 14.3. The first-order valence-electron chi connectivity index (χ1n) is 10.2. The van der Waals surface area contributed by atoms with Gasteiger partial charge in [-0.15, -0.1) is 15.3 Å². The molecule has 7 heteroatoms. The van der Waals surface area contributed by atoms with Gasteiger partial charge in [0.2, 0.25) is 5.88 Å². The number of rotatable bonds is 4. The van der Waals surface area contributed by atoms with Gasteiger partial charge < -0.3 is 4.74 Å². The van der Waals surface area contributed by atoms with Gasteiger partial charge in [0.25, 0.3) is 0 Å². The molecule has 3 aliphatic carbocycles. The maximum absolute atomic E-state index is 6.31. The van der Waals surface area contributed by atoms with E-state index in [1.54, 1.807) is 0 Å². The van der Waals surface area contributed by atoms with Crippen molar-refractivity contribution in [3.05, 3.63) is 58.1 Å². The zero-order valence-corrected chi connectivity index (χ0v) is 17.0. The van der Waals surface area contributed by atoms with E-state index in [0.717, 1.165) is 33.5 Å². The summed E-state index contributed by atoms with van der Waals surface area (Å²) in [5, 5.41) is 14.0. The van der Waals surface area contributed by atoms with Crippen LogP contribution in [0.5, 0.6) is 5.88 Å². The Hall–Kier alpha value is -2.80. The number of benzene rings is 1. The van der Waals surface area contributed by atoms with Gasteiger partial charge in [-0.3, -0.25) is 0 Å². The van der Waals surface area contributed by atoms with E-state index >= 15 is 0 Å². The molecule has 29 heavy (non-hydrogen) atoms. The van der Waals surface area contributed by atoms with Crippen molar-refractivity contribution in [3.63, 3.8) is 0 Å². The fourth-order valence-electron chi connectivity index (χ4n) is 4.89. The van der Waals surface area contributed by atoms with Crippen molar-refractivity contribution in [3.8, 4) is 17.3 Å². The molecule has 146 valence electrons. The van der Waals surface area contributed by atoms with Gasteiger partial charge >= 0.3 is 0 Å². The molecular formula is C22H21N5OS.